The van der Waals surface area contributed by atoms with Gasteiger partial charge in [0.15, 0.2) is 0 Å². The highest BCUT2D eigenvalue weighted by molar-refractivity contribution is 9.10. The Bertz CT molecular complexity index is 512. The van der Waals surface area contributed by atoms with Gasteiger partial charge in [0.1, 0.15) is 17.3 Å². The van der Waals surface area contributed by atoms with Crippen molar-refractivity contribution < 1.29 is 9.13 Å². The normalized spacial score (nSPS) is 11.2. The number of rotatable bonds is 5. The van der Waals surface area contributed by atoms with E-state index in [2.05, 4.69) is 34.2 Å². The van der Waals surface area contributed by atoms with Gasteiger partial charge in [0, 0.05) is 15.6 Å². The Morgan fingerprint density at radius 3 is 2.72 bits per heavy atom. The molecule has 0 aliphatic heterocycles. The van der Waals surface area contributed by atoms with E-state index in [1.165, 1.54) is 6.07 Å². The smallest absolute Gasteiger partial charge is 0.140 e. The van der Waals surface area contributed by atoms with Crippen molar-refractivity contribution in [1.82, 2.24) is 0 Å². The van der Waals surface area contributed by atoms with Crippen molar-refractivity contribution in [3.63, 3.8) is 0 Å². The minimum Gasteiger partial charge on any atom is -0.492 e. The summed E-state index contributed by atoms with van der Waals surface area (Å²) >= 11 is 3.27. The summed E-state index contributed by atoms with van der Waals surface area (Å²) in [5, 5.41) is 3.56. The van der Waals surface area contributed by atoms with Crippen LogP contribution in [0.4, 0.5) is 4.39 Å². The summed E-state index contributed by atoms with van der Waals surface area (Å²) in [6.45, 7) is 9.71. The Kier molecular flexibility index (Phi) is 5.09. The SMILES string of the molecule is C=C(OCC)/C(=N\N)C(=C)c1cc(Br)ccc1F. The lowest BCUT2D eigenvalue weighted by atomic mass is 10.0. The molecule has 0 saturated heterocycles. The van der Waals surface area contributed by atoms with Crippen LogP contribution in [-0.2, 0) is 4.74 Å². The Balaban J connectivity index is 3.12. The summed E-state index contributed by atoms with van der Waals surface area (Å²) in [6, 6.07) is 4.53. The predicted octanol–water partition coefficient (Wildman–Crippen LogP) is 3.47. The van der Waals surface area contributed by atoms with Crippen LogP contribution < -0.4 is 5.84 Å². The topological polar surface area (TPSA) is 47.6 Å². The molecule has 2 N–H and O–H groups in total. The van der Waals surface area contributed by atoms with Gasteiger partial charge in [-0.05, 0) is 25.1 Å². The van der Waals surface area contributed by atoms with Gasteiger partial charge in [0.05, 0.1) is 6.61 Å². The Labute approximate surface area is 114 Å². The summed E-state index contributed by atoms with van der Waals surface area (Å²) in [5.74, 6) is 5.14. The van der Waals surface area contributed by atoms with Crippen LogP contribution in [0, 0.1) is 5.82 Å². The number of nitrogens with zero attached hydrogens (tertiary/aromatic N) is 1. The van der Waals surface area contributed by atoms with Crippen LogP contribution in [0.25, 0.3) is 5.57 Å². The number of hydrogen-bond donors (Lipinski definition) is 1. The first-order valence-corrected chi connectivity index (χ1v) is 6.05. The average molecular weight is 313 g/mol. The van der Waals surface area contributed by atoms with E-state index >= 15 is 0 Å². The van der Waals surface area contributed by atoms with Gasteiger partial charge >= 0.3 is 0 Å². The molecule has 0 bridgehead atoms. The summed E-state index contributed by atoms with van der Waals surface area (Å²) < 4.78 is 19.7. The molecular formula is C13H14BrFN2O. The van der Waals surface area contributed by atoms with Gasteiger partial charge in [0.2, 0.25) is 0 Å². The van der Waals surface area contributed by atoms with Gasteiger partial charge < -0.3 is 10.6 Å². The second-order valence-electron chi connectivity index (χ2n) is 3.44. The first-order valence-electron chi connectivity index (χ1n) is 5.25. The van der Waals surface area contributed by atoms with Crippen LogP contribution >= 0.6 is 15.9 Å². The molecule has 0 atom stereocenters. The molecule has 0 saturated carbocycles. The molecule has 5 heteroatoms. The lowest BCUT2D eigenvalue weighted by molar-refractivity contribution is 0.251. The minimum absolute atomic E-state index is 0.244. The summed E-state index contributed by atoms with van der Waals surface area (Å²) in [4.78, 5) is 0. The zero-order chi connectivity index (χ0) is 13.7. The fraction of sp³-hybridized carbons (Fsp3) is 0.154. The highest BCUT2D eigenvalue weighted by Crippen LogP contribution is 2.24. The molecule has 18 heavy (non-hydrogen) atoms. The second kappa shape index (κ2) is 6.35. The molecule has 0 unspecified atom stereocenters. The number of hydrazone groups is 1. The van der Waals surface area contributed by atoms with Crippen molar-refractivity contribution in [1.29, 1.82) is 0 Å². The van der Waals surface area contributed by atoms with E-state index in [4.69, 9.17) is 10.6 Å². The molecule has 1 aromatic carbocycles. The molecule has 96 valence electrons. The predicted molar refractivity (Wildman–Crippen MR) is 75.5 cm³/mol. The lowest BCUT2D eigenvalue weighted by Gasteiger charge is -2.12. The number of halogens is 2. The maximum atomic E-state index is 13.7. The minimum atomic E-state index is -0.409. The standard InChI is InChI=1S/C13H14BrFN2O/c1-4-18-9(3)13(17-16)8(2)11-7-10(14)5-6-12(11)15/h5-7H,2-4,16H2,1H3/b17-13-. The lowest BCUT2D eigenvalue weighted by Crippen LogP contribution is -2.11. The van der Waals surface area contributed by atoms with Crippen LogP contribution in [0.1, 0.15) is 12.5 Å². The molecule has 0 aliphatic rings. The highest BCUT2D eigenvalue weighted by Gasteiger charge is 2.16. The third kappa shape index (κ3) is 3.20. The van der Waals surface area contributed by atoms with Crippen LogP contribution in [0.5, 0.6) is 0 Å². The van der Waals surface area contributed by atoms with Crippen LogP contribution in [0.2, 0.25) is 0 Å². The van der Waals surface area contributed by atoms with E-state index in [0.717, 1.165) is 4.47 Å². The van der Waals surface area contributed by atoms with E-state index in [-0.39, 0.29) is 11.5 Å². The fourth-order valence-corrected chi connectivity index (χ4v) is 1.78. The second-order valence-corrected chi connectivity index (χ2v) is 4.35. The Hall–Kier alpha value is -1.62. The molecule has 0 aromatic heterocycles. The molecule has 0 spiro atoms. The van der Waals surface area contributed by atoms with Crippen LogP contribution in [0.3, 0.4) is 0 Å². The molecule has 1 aromatic rings. The van der Waals surface area contributed by atoms with E-state index in [9.17, 15) is 4.39 Å². The first-order chi connectivity index (χ1) is 8.51. The quantitative estimate of drug-likeness (QED) is 0.392. The Morgan fingerprint density at radius 2 is 2.17 bits per heavy atom. The van der Waals surface area contributed by atoms with Gasteiger partial charge in [0.25, 0.3) is 0 Å². The third-order valence-electron chi connectivity index (χ3n) is 2.25. The molecule has 3 nitrogen and oxygen atoms in total. The van der Waals surface area contributed by atoms with E-state index < -0.39 is 5.82 Å². The zero-order valence-corrected chi connectivity index (χ0v) is 11.6. The maximum Gasteiger partial charge on any atom is 0.140 e. The number of benzene rings is 1. The van der Waals surface area contributed by atoms with Gasteiger partial charge in [-0.15, -0.1) is 0 Å². The van der Waals surface area contributed by atoms with Crippen LogP contribution in [-0.4, -0.2) is 12.3 Å². The molecule has 0 heterocycles. The summed E-state index contributed by atoms with van der Waals surface area (Å²) in [7, 11) is 0. The largest absolute Gasteiger partial charge is 0.492 e. The van der Waals surface area contributed by atoms with Gasteiger partial charge in [-0.3, -0.25) is 0 Å². The van der Waals surface area contributed by atoms with Crippen molar-refractivity contribution >= 4 is 27.2 Å². The fourth-order valence-electron chi connectivity index (χ4n) is 1.42. The highest BCUT2D eigenvalue weighted by atomic mass is 79.9. The van der Waals surface area contributed by atoms with E-state index in [0.29, 0.717) is 17.7 Å². The number of nitrogens with two attached hydrogens (primary N) is 1. The van der Waals surface area contributed by atoms with Crippen molar-refractivity contribution in [2.75, 3.05) is 6.61 Å². The number of hydrogen-bond acceptors (Lipinski definition) is 3. The monoisotopic (exact) mass is 312 g/mol. The molecular weight excluding hydrogens is 299 g/mol. The first kappa shape index (κ1) is 14.4. The molecule has 0 aliphatic carbocycles. The van der Waals surface area contributed by atoms with Crippen molar-refractivity contribution in [3.05, 3.63) is 53.0 Å². The summed E-state index contributed by atoms with van der Waals surface area (Å²) in [5.41, 5.74) is 0.873. The molecule has 0 radical (unpaired) electrons. The summed E-state index contributed by atoms with van der Waals surface area (Å²) in [6.07, 6.45) is 0. The van der Waals surface area contributed by atoms with Crippen molar-refractivity contribution in [2.24, 2.45) is 10.9 Å². The molecule has 1 rings (SSSR count). The number of allylic oxidation sites excluding steroid dienone is 1. The van der Waals surface area contributed by atoms with Gasteiger partial charge in [-0.2, -0.15) is 5.10 Å². The molecule has 0 amide bonds. The average Bonchev–Trinajstić information content (AvgIpc) is 2.33. The van der Waals surface area contributed by atoms with E-state index in [1.807, 2.05) is 6.92 Å². The van der Waals surface area contributed by atoms with Crippen LogP contribution in [0.15, 0.2) is 46.7 Å². The van der Waals surface area contributed by atoms with E-state index in [1.54, 1.807) is 12.1 Å². The third-order valence-corrected chi connectivity index (χ3v) is 2.74. The van der Waals surface area contributed by atoms with Gasteiger partial charge in [-0.25, -0.2) is 4.39 Å². The Morgan fingerprint density at radius 1 is 1.50 bits per heavy atom. The van der Waals surface area contributed by atoms with Crippen molar-refractivity contribution in [3.8, 4) is 0 Å². The molecule has 0 fully saturated rings. The van der Waals surface area contributed by atoms with Gasteiger partial charge in [-0.1, -0.05) is 29.1 Å². The number of ether oxygens (including phenoxy) is 1. The van der Waals surface area contributed by atoms with Crippen molar-refractivity contribution in [2.45, 2.75) is 6.92 Å². The zero-order valence-electron chi connectivity index (χ0n) is 10.0. The maximum absolute atomic E-state index is 13.7.